The summed E-state index contributed by atoms with van der Waals surface area (Å²) in [5.41, 5.74) is 2.52. The summed E-state index contributed by atoms with van der Waals surface area (Å²) in [6.45, 7) is 3.71. The van der Waals surface area contributed by atoms with E-state index in [1.54, 1.807) is 48.0 Å². The second-order valence-electron chi connectivity index (χ2n) is 5.07. The summed E-state index contributed by atoms with van der Waals surface area (Å²) in [6, 6.07) is 14.3. The van der Waals surface area contributed by atoms with Crippen LogP contribution in [0.4, 0.5) is 0 Å². The van der Waals surface area contributed by atoms with E-state index in [-0.39, 0.29) is 5.69 Å². The molecule has 0 radical (unpaired) electrons. The van der Waals surface area contributed by atoms with Gasteiger partial charge in [0.2, 0.25) is 0 Å². The van der Waals surface area contributed by atoms with Gasteiger partial charge >= 0.3 is 5.97 Å². The van der Waals surface area contributed by atoms with Crippen molar-refractivity contribution >= 4 is 17.6 Å². The summed E-state index contributed by atoms with van der Waals surface area (Å²) in [5.74, 6) is -0.0787. The lowest BCUT2D eigenvalue weighted by atomic mass is 10.2. The molecule has 0 N–H and O–H groups in total. The number of benzene rings is 2. The number of para-hydroxylation sites is 1. The van der Waals surface area contributed by atoms with Crippen molar-refractivity contribution in [2.75, 3.05) is 0 Å². The van der Waals surface area contributed by atoms with Gasteiger partial charge in [-0.1, -0.05) is 41.1 Å². The largest absolute Gasteiger partial charge is 0.422 e. The first-order valence-electron chi connectivity index (χ1n) is 7.02. The average molecular weight is 328 g/mol. The Morgan fingerprint density at radius 1 is 1.13 bits per heavy atom. The number of hydrogen-bond acceptors (Lipinski definition) is 4. The van der Waals surface area contributed by atoms with Crippen molar-refractivity contribution in [3.8, 4) is 11.4 Å². The molecule has 6 heteroatoms. The number of carbonyl (C=O) groups is 1. The van der Waals surface area contributed by atoms with Crippen LogP contribution in [0.3, 0.4) is 0 Å². The molecule has 1 aromatic heterocycles. The molecular weight excluding hydrogens is 314 g/mol. The maximum atomic E-state index is 12.3. The molecule has 3 aromatic rings. The second-order valence-corrected chi connectivity index (χ2v) is 5.51. The van der Waals surface area contributed by atoms with Crippen molar-refractivity contribution < 1.29 is 9.53 Å². The molecule has 5 nitrogen and oxygen atoms in total. The molecule has 0 unspecified atom stereocenters. The van der Waals surface area contributed by atoms with Crippen LogP contribution in [0.25, 0.3) is 5.69 Å². The fourth-order valence-electron chi connectivity index (χ4n) is 2.20. The van der Waals surface area contributed by atoms with Crippen LogP contribution in [0.1, 0.15) is 21.7 Å². The fraction of sp³-hybridized carbons (Fsp3) is 0.118. The molecule has 0 saturated carbocycles. The van der Waals surface area contributed by atoms with Crippen LogP contribution in [0.15, 0.2) is 48.5 Å². The van der Waals surface area contributed by atoms with Crippen molar-refractivity contribution in [2.45, 2.75) is 13.8 Å². The van der Waals surface area contributed by atoms with Gasteiger partial charge in [-0.25, -0.2) is 9.48 Å². The molecule has 0 amide bonds. The van der Waals surface area contributed by atoms with Crippen LogP contribution in [0.2, 0.25) is 5.02 Å². The number of nitrogens with zero attached hydrogens (tertiary/aromatic N) is 3. The van der Waals surface area contributed by atoms with Crippen molar-refractivity contribution in [1.82, 2.24) is 15.0 Å². The minimum Gasteiger partial charge on any atom is -0.422 e. The van der Waals surface area contributed by atoms with Crippen molar-refractivity contribution in [3.05, 3.63) is 70.5 Å². The van der Waals surface area contributed by atoms with Gasteiger partial charge in [-0.2, -0.15) is 0 Å². The zero-order valence-electron chi connectivity index (χ0n) is 12.7. The highest BCUT2D eigenvalue weighted by Crippen LogP contribution is 2.21. The van der Waals surface area contributed by atoms with E-state index in [1.165, 1.54) is 0 Å². The van der Waals surface area contributed by atoms with E-state index < -0.39 is 5.97 Å². The van der Waals surface area contributed by atoms with Gasteiger partial charge in [0, 0.05) is 5.02 Å². The third-order valence-corrected chi connectivity index (χ3v) is 3.68. The molecule has 0 bridgehead atoms. The van der Waals surface area contributed by atoms with E-state index in [0.29, 0.717) is 16.5 Å². The second kappa shape index (κ2) is 6.22. The van der Waals surface area contributed by atoms with Crippen LogP contribution in [0.5, 0.6) is 5.75 Å². The highest BCUT2D eigenvalue weighted by Gasteiger charge is 2.20. The maximum Gasteiger partial charge on any atom is 0.366 e. The first-order chi connectivity index (χ1) is 11.1. The minimum absolute atomic E-state index is 0.174. The Morgan fingerprint density at radius 2 is 1.87 bits per heavy atom. The number of carbonyl (C=O) groups excluding carboxylic acids is 1. The van der Waals surface area contributed by atoms with Gasteiger partial charge in [0.15, 0.2) is 5.69 Å². The van der Waals surface area contributed by atoms with Crippen LogP contribution in [-0.4, -0.2) is 21.0 Å². The lowest BCUT2D eigenvalue weighted by Gasteiger charge is -2.08. The molecule has 3 rings (SSSR count). The first-order valence-corrected chi connectivity index (χ1v) is 7.40. The maximum absolute atomic E-state index is 12.3. The number of aryl methyl sites for hydroxylation is 1. The van der Waals surface area contributed by atoms with Crippen LogP contribution in [-0.2, 0) is 0 Å². The Kier molecular flexibility index (Phi) is 4.12. The highest BCUT2D eigenvalue weighted by molar-refractivity contribution is 6.30. The Bertz CT molecular complexity index is 860. The predicted molar refractivity (Wildman–Crippen MR) is 87.2 cm³/mol. The Labute approximate surface area is 138 Å². The van der Waals surface area contributed by atoms with E-state index in [1.807, 2.05) is 19.1 Å². The fourth-order valence-corrected chi connectivity index (χ4v) is 2.37. The topological polar surface area (TPSA) is 57.0 Å². The number of ether oxygens (including phenoxy) is 1. The summed E-state index contributed by atoms with van der Waals surface area (Å²) in [6.07, 6.45) is 0. The molecular formula is C17H14ClN3O2. The lowest BCUT2D eigenvalue weighted by molar-refractivity contribution is 0.0727. The molecule has 1 heterocycles. The van der Waals surface area contributed by atoms with E-state index in [2.05, 4.69) is 10.3 Å². The molecule has 0 atom stereocenters. The number of hydrogen-bond donors (Lipinski definition) is 0. The Hall–Kier alpha value is -2.66. The van der Waals surface area contributed by atoms with E-state index in [4.69, 9.17) is 16.3 Å². The number of rotatable bonds is 3. The SMILES string of the molecule is Cc1ccc(Cl)cc1-n1nnc(C(=O)Oc2ccccc2)c1C. The first kappa shape index (κ1) is 15.2. The molecule has 0 aliphatic carbocycles. The van der Waals surface area contributed by atoms with E-state index >= 15 is 0 Å². The number of aromatic nitrogens is 3. The van der Waals surface area contributed by atoms with Gasteiger partial charge in [-0.15, -0.1) is 5.10 Å². The van der Waals surface area contributed by atoms with Gasteiger partial charge in [0.05, 0.1) is 11.4 Å². The predicted octanol–water partition coefficient (Wildman–Crippen LogP) is 3.76. The third-order valence-electron chi connectivity index (χ3n) is 3.44. The molecule has 0 aliphatic heterocycles. The normalized spacial score (nSPS) is 10.6. The van der Waals surface area contributed by atoms with Gasteiger partial charge in [0.25, 0.3) is 0 Å². The van der Waals surface area contributed by atoms with E-state index in [9.17, 15) is 4.79 Å². The van der Waals surface area contributed by atoms with Crippen molar-refractivity contribution in [2.24, 2.45) is 0 Å². The Morgan fingerprint density at radius 3 is 2.61 bits per heavy atom. The lowest BCUT2D eigenvalue weighted by Crippen LogP contribution is -2.11. The smallest absolute Gasteiger partial charge is 0.366 e. The van der Waals surface area contributed by atoms with Gasteiger partial charge in [0.1, 0.15) is 5.75 Å². The summed E-state index contributed by atoms with van der Waals surface area (Å²) in [7, 11) is 0. The molecule has 0 aliphatic rings. The minimum atomic E-state index is -0.542. The summed E-state index contributed by atoms with van der Waals surface area (Å²) < 4.78 is 6.89. The quantitative estimate of drug-likeness (QED) is 0.543. The van der Waals surface area contributed by atoms with Crippen molar-refractivity contribution in [1.29, 1.82) is 0 Å². The molecule has 0 spiro atoms. The highest BCUT2D eigenvalue weighted by atomic mass is 35.5. The third kappa shape index (κ3) is 3.10. The molecule has 2 aromatic carbocycles. The number of esters is 1. The molecule has 23 heavy (non-hydrogen) atoms. The van der Waals surface area contributed by atoms with Crippen LogP contribution < -0.4 is 4.74 Å². The average Bonchev–Trinajstić information content (AvgIpc) is 2.92. The zero-order chi connectivity index (χ0) is 16.4. The standard InChI is InChI=1S/C17H14ClN3O2/c1-11-8-9-13(18)10-15(11)21-12(2)16(19-20-21)17(22)23-14-6-4-3-5-7-14/h3-10H,1-2H3. The van der Waals surface area contributed by atoms with Crippen LogP contribution >= 0.6 is 11.6 Å². The molecule has 0 fully saturated rings. The zero-order valence-corrected chi connectivity index (χ0v) is 13.4. The summed E-state index contributed by atoms with van der Waals surface area (Å²) in [4.78, 5) is 12.3. The number of halogens is 1. The summed E-state index contributed by atoms with van der Waals surface area (Å²) >= 11 is 6.04. The van der Waals surface area contributed by atoms with E-state index in [0.717, 1.165) is 11.3 Å². The van der Waals surface area contributed by atoms with Gasteiger partial charge in [-0.05, 0) is 43.7 Å². The van der Waals surface area contributed by atoms with Crippen molar-refractivity contribution in [3.63, 3.8) is 0 Å². The monoisotopic (exact) mass is 327 g/mol. The Balaban J connectivity index is 1.93. The van der Waals surface area contributed by atoms with Crippen LogP contribution in [0, 0.1) is 13.8 Å². The summed E-state index contributed by atoms with van der Waals surface area (Å²) in [5, 5.41) is 8.60. The van der Waals surface area contributed by atoms with Gasteiger partial charge < -0.3 is 4.74 Å². The molecule has 116 valence electrons. The molecule has 0 saturated heterocycles. The van der Waals surface area contributed by atoms with Gasteiger partial charge in [-0.3, -0.25) is 0 Å².